The van der Waals surface area contributed by atoms with Gasteiger partial charge in [0.25, 0.3) is 0 Å². The van der Waals surface area contributed by atoms with E-state index in [1.165, 1.54) is 22.9 Å². The molecule has 1 aromatic heterocycles. The molecule has 0 bridgehead atoms. The van der Waals surface area contributed by atoms with Gasteiger partial charge >= 0.3 is 0 Å². The molecule has 0 aromatic carbocycles. The Labute approximate surface area is 104 Å². The van der Waals surface area contributed by atoms with Gasteiger partial charge in [0.15, 0.2) is 0 Å². The average Bonchev–Trinajstić information content (AvgIpc) is 2.98. The van der Waals surface area contributed by atoms with Crippen molar-refractivity contribution >= 4 is 27.3 Å². The van der Waals surface area contributed by atoms with Crippen LogP contribution in [0.1, 0.15) is 38.3 Å². The topological polar surface area (TPSA) is 12.0 Å². The summed E-state index contributed by atoms with van der Waals surface area (Å²) in [4.78, 5) is 0. The fraction of sp³-hybridized carbons (Fsp3) is 0.667. The van der Waals surface area contributed by atoms with Crippen LogP contribution in [0.2, 0.25) is 0 Å². The van der Waals surface area contributed by atoms with Gasteiger partial charge in [-0.05, 0) is 58.1 Å². The molecule has 1 nitrogen and oxygen atoms in total. The normalized spacial score (nSPS) is 20.2. The van der Waals surface area contributed by atoms with Crippen LogP contribution in [-0.2, 0) is 0 Å². The molecule has 0 spiro atoms. The fourth-order valence-corrected chi connectivity index (χ4v) is 3.79. The van der Waals surface area contributed by atoms with Crippen LogP contribution >= 0.6 is 27.3 Å². The third-order valence-electron chi connectivity index (χ3n) is 3.29. The van der Waals surface area contributed by atoms with Gasteiger partial charge in [0.1, 0.15) is 0 Å². The Balaban J connectivity index is 2.14. The Morgan fingerprint density at radius 2 is 2.27 bits per heavy atom. The first-order chi connectivity index (χ1) is 7.24. The Morgan fingerprint density at radius 1 is 1.53 bits per heavy atom. The van der Waals surface area contributed by atoms with Gasteiger partial charge in [0.2, 0.25) is 0 Å². The van der Waals surface area contributed by atoms with E-state index in [4.69, 9.17) is 0 Å². The summed E-state index contributed by atoms with van der Waals surface area (Å²) < 4.78 is 1.27. The van der Waals surface area contributed by atoms with Crippen LogP contribution in [0.25, 0.3) is 0 Å². The molecule has 1 aromatic rings. The second-order valence-corrected chi connectivity index (χ2v) is 6.00. The molecule has 0 radical (unpaired) electrons. The Kier molecular flexibility index (Phi) is 3.86. The third kappa shape index (κ3) is 2.63. The molecule has 0 amide bonds. The van der Waals surface area contributed by atoms with Crippen molar-refractivity contribution in [3.8, 4) is 0 Å². The number of halogens is 1. The summed E-state index contributed by atoms with van der Waals surface area (Å²) in [5.74, 6) is 1.71. The standard InChI is InChI=1S/C12H18BrNS/c1-3-14-12(8(2)9-4-5-9)10-6-15-7-11(10)13/h6-9,12,14H,3-5H2,1-2H3. The van der Waals surface area contributed by atoms with Crippen LogP contribution in [0, 0.1) is 11.8 Å². The predicted octanol–water partition coefficient (Wildman–Crippen LogP) is 4.21. The van der Waals surface area contributed by atoms with Crippen molar-refractivity contribution in [2.24, 2.45) is 11.8 Å². The molecule has 1 saturated carbocycles. The molecule has 1 N–H and O–H groups in total. The van der Waals surface area contributed by atoms with E-state index >= 15 is 0 Å². The molecular formula is C12H18BrNS. The van der Waals surface area contributed by atoms with Crippen LogP contribution in [0.15, 0.2) is 15.2 Å². The lowest BCUT2D eigenvalue weighted by atomic mass is 9.92. The molecule has 0 aliphatic heterocycles. The minimum atomic E-state index is 0.531. The zero-order chi connectivity index (χ0) is 10.8. The lowest BCUT2D eigenvalue weighted by Gasteiger charge is -2.24. The molecule has 2 rings (SSSR count). The molecule has 3 heteroatoms. The second kappa shape index (κ2) is 4.98. The van der Waals surface area contributed by atoms with Gasteiger partial charge in [-0.2, -0.15) is 11.3 Å². The molecule has 84 valence electrons. The van der Waals surface area contributed by atoms with Gasteiger partial charge in [-0.3, -0.25) is 0 Å². The van der Waals surface area contributed by atoms with Crippen molar-refractivity contribution in [1.29, 1.82) is 0 Å². The summed E-state index contributed by atoms with van der Waals surface area (Å²) in [6, 6.07) is 0.531. The first-order valence-corrected chi connectivity index (χ1v) is 7.42. The van der Waals surface area contributed by atoms with Crippen molar-refractivity contribution in [3.05, 3.63) is 20.8 Å². The maximum Gasteiger partial charge on any atom is 0.0368 e. The van der Waals surface area contributed by atoms with Crippen molar-refractivity contribution in [2.75, 3.05) is 6.54 Å². The summed E-state index contributed by atoms with van der Waals surface area (Å²) in [5.41, 5.74) is 1.45. The molecule has 1 fully saturated rings. The number of nitrogens with one attached hydrogen (secondary N) is 1. The van der Waals surface area contributed by atoms with Gasteiger partial charge in [-0.25, -0.2) is 0 Å². The third-order valence-corrected chi connectivity index (χ3v) is 5.04. The van der Waals surface area contributed by atoms with Gasteiger partial charge in [0.05, 0.1) is 0 Å². The Morgan fingerprint density at radius 3 is 2.73 bits per heavy atom. The van der Waals surface area contributed by atoms with E-state index in [9.17, 15) is 0 Å². The van der Waals surface area contributed by atoms with E-state index in [1.54, 1.807) is 11.3 Å². The molecule has 2 atom stereocenters. The molecule has 0 saturated heterocycles. The summed E-state index contributed by atoms with van der Waals surface area (Å²) in [7, 11) is 0. The van der Waals surface area contributed by atoms with Crippen molar-refractivity contribution < 1.29 is 0 Å². The average molecular weight is 288 g/mol. The maximum atomic E-state index is 3.65. The number of hydrogen-bond acceptors (Lipinski definition) is 2. The number of thiophene rings is 1. The molecule has 1 aliphatic carbocycles. The quantitative estimate of drug-likeness (QED) is 0.856. The summed E-state index contributed by atoms with van der Waals surface area (Å²) in [5, 5.41) is 8.08. The second-order valence-electron chi connectivity index (χ2n) is 4.41. The van der Waals surface area contributed by atoms with Crippen LogP contribution in [-0.4, -0.2) is 6.54 Å². The summed E-state index contributed by atoms with van der Waals surface area (Å²) in [6.07, 6.45) is 2.84. The van der Waals surface area contributed by atoms with E-state index in [-0.39, 0.29) is 0 Å². The van der Waals surface area contributed by atoms with Gasteiger partial charge in [0, 0.05) is 15.9 Å². The Hall–Kier alpha value is 0.140. The van der Waals surface area contributed by atoms with Crippen molar-refractivity contribution in [1.82, 2.24) is 5.32 Å². The highest BCUT2D eigenvalue weighted by molar-refractivity contribution is 9.10. The lowest BCUT2D eigenvalue weighted by molar-refractivity contribution is 0.355. The summed E-state index contributed by atoms with van der Waals surface area (Å²) >= 11 is 5.43. The van der Waals surface area contributed by atoms with E-state index in [0.29, 0.717) is 6.04 Å². The number of hydrogen-bond donors (Lipinski definition) is 1. The minimum absolute atomic E-state index is 0.531. The Bertz CT molecular complexity index is 319. The maximum absolute atomic E-state index is 3.65. The van der Waals surface area contributed by atoms with E-state index in [2.05, 4.69) is 45.9 Å². The van der Waals surface area contributed by atoms with Crippen LogP contribution in [0.4, 0.5) is 0 Å². The highest BCUT2D eigenvalue weighted by Crippen LogP contribution is 2.44. The predicted molar refractivity (Wildman–Crippen MR) is 70.3 cm³/mol. The highest BCUT2D eigenvalue weighted by Gasteiger charge is 2.34. The molecule has 2 unspecified atom stereocenters. The zero-order valence-corrected chi connectivity index (χ0v) is 11.7. The molecule has 1 heterocycles. The van der Waals surface area contributed by atoms with E-state index in [1.807, 2.05) is 0 Å². The van der Waals surface area contributed by atoms with Crippen LogP contribution in [0.5, 0.6) is 0 Å². The van der Waals surface area contributed by atoms with E-state index < -0.39 is 0 Å². The van der Waals surface area contributed by atoms with Crippen LogP contribution in [0.3, 0.4) is 0 Å². The molecule has 15 heavy (non-hydrogen) atoms. The number of rotatable bonds is 5. The first-order valence-electron chi connectivity index (χ1n) is 5.69. The van der Waals surface area contributed by atoms with Gasteiger partial charge in [-0.1, -0.05) is 13.8 Å². The molecular weight excluding hydrogens is 270 g/mol. The van der Waals surface area contributed by atoms with Crippen molar-refractivity contribution in [3.63, 3.8) is 0 Å². The molecule has 1 aliphatic rings. The SMILES string of the molecule is CCNC(c1cscc1Br)C(C)C1CC1. The van der Waals surface area contributed by atoms with E-state index in [0.717, 1.165) is 18.4 Å². The highest BCUT2D eigenvalue weighted by atomic mass is 79.9. The largest absolute Gasteiger partial charge is 0.310 e. The minimum Gasteiger partial charge on any atom is -0.310 e. The fourth-order valence-electron chi connectivity index (χ4n) is 2.21. The lowest BCUT2D eigenvalue weighted by Crippen LogP contribution is -2.27. The van der Waals surface area contributed by atoms with Crippen LogP contribution < -0.4 is 5.32 Å². The van der Waals surface area contributed by atoms with Gasteiger partial charge < -0.3 is 5.32 Å². The summed E-state index contributed by atoms with van der Waals surface area (Å²) in [6.45, 7) is 5.62. The van der Waals surface area contributed by atoms with Crippen molar-refractivity contribution in [2.45, 2.75) is 32.7 Å². The van der Waals surface area contributed by atoms with Gasteiger partial charge in [-0.15, -0.1) is 0 Å². The zero-order valence-electron chi connectivity index (χ0n) is 9.29. The first kappa shape index (κ1) is 11.6. The smallest absolute Gasteiger partial charge is 0.0368 e. The monoisotopic (exact) mass is 287 g/mol.